The van der Waals surface area contributed by atoms with E-state index in [9.17, 15) is 18.0 Å². The third kappa shape index (κ3) is 5.34. The molecule has 3 rings (SSSR count). The van der Waals surface area contributed by atoms with Gasteiger partial charge in [0.1, 0.15) is 0 Å². The smallest absolute Gasteiger partial charge is 0.256 e. The number of aromatic amines is 1. The van der Waals surface area contributed by atoms with E-state index in [0.29, 0.717) is 29.9 Å². The highest BCUT2D eigenvalue weighted by Crippen LogP contribution is 2.23. The van der Waals surface area contributed by atoms with Gasteiger partial charge < -0.3 is 20.1 Å². The number of likely N-dealkylation sites (N-methyl/N-ethyl adjacent to an activating group) is 1. The fourth-order valence-corrected chi connectivity index (χ4v) is 4.60. The van der Waals surface area contributed by atoms with Crippen molar-refractivity contribution in [2.24, 2.45) is 0 Å². The van der Waals surface area contributed by atoms with Crippen LogP contribution in [0.3, 0.4) is 0 Å². The molecular formula is C22H30N4O4S. The van der Waals surface area contributed by atoms with E-state index >= 15 is 0 Å². The summed E-state index contributed by atoms with van der Waals surface area (Å²) in [7, 11) is -1.26. The number of nitrogens with zero attached hydrogens (tertiary/aromatic N) is 2. The van der Waals surface area contributed by atoms with Crippen molar-refractivity contribution >= 4 is 27.7 Å². The number of hydrogen-bond donors (Lipinski definition) is 2. The summed E-state index contributed by atoms with van der Waals surface area (Å²) in [6, 6.07) is 0. The van der Waals surface area contributed by atoms with Gasteiger partial charge in [0.15, 0.2) is 9.84 Å². The van der Waals surface area contributed by atoms with Gasteiger partial charge in [0.05, 0.1) is 10.8 Å². The molecule has 2 aliphatic rings. The molecule has 0 bridgehead atoms. The first-order chi connectivity index (χ1) is 14.6. The minimum Gasteiger partial charge on any atom is -0.358 e. The topological polar surface area (TPSA) is 103 Å². The Morgan fingerprint density at radius 2 is 1.87 bits per heavy atom. The molecule has 8 nitrogen and oxygen atoms in total. The van der Waals surface area contributed by atoms with Crippen LogP contribution in [-0.4, -0.2) is 79.7 Å². The summed E-state index contributed by atoms with van der Waals surface area (Å²) < 4.78 is 24.0. The van der Waals surface area contributed by atoms with Gasteiger partial charge in [-0.05, 0) is 39.0 Å². The SMILES string of the molecule is Cc1[nH]c(/C=C2/C=C/C(S(C)(=O)=O)C/C=C/NC2=O)c(C)c1C(=O)N1CCN(C)CC1. The number of aromatic nitrogens is 1. The molecule has 0 spiro atoms. The molecule has 1 aromatic rings. The van der Waals surface area contributed by atoms with Crippen molar-refractivity contribution in [1.29, 1.82) is 0 Å². The average molecular weight is 447 g/mol. The molecule has 1 atom stereocenters. The Morgan fingerprint density at radius 3 is 2.52 bits per heavy atom. The van der Waals surface area contributed by atoms with E-state index in [-0.39, 0.29) is 18.2 Å². The van der Waals surface area contributed by atoms with Crippen LogP contribution in [0.1, 0.15) is 33.7 Å². The van der Waals surface area contributed by atoms with Crippen molar-refractivity contribution in [2.75, 3.05) is 39.5 Å². The fourth-order valence-electron chi connectivity index (χ4n) is 3.78. The Labute approximate surface area is 183 Å². The number of carbonyl (C=O) groups excluding carboxylic acids is 2. The van der Waals surface area contributed by atoms with Gasteiger partial charge in [0, 0.05) is 55.6 Å². The van der Waals surface area contributed by atoms with Crippen LogP contribution in [0.2, 0.25) is 0 Å². The Morgan fingerprint density at radius 1 is 1.19 bits per heavy atom. The van der Waals surface area contributed by atoms with Crippen LogP contribution in [0.15, 0.2) is 30.0 Å². The lowest BCUT2D eigenvalue weighted by Gasteiger charge is -2.32. The normalized spacial score (nSPS) is 24.3. The Hall–Kier alpha value is -2.65. The van der Waals surface area contributed by atoms with Crippen molar-refractivity contribution in [3.05, 3.63) is 52.5 Å². The van der Waals surface area contributed by atoms with Crippen LogP contribution in [0.4, 0.5) is 0 Å². The van der Waals surface area contributed by atoms with Crippen molar-refractivity contribution in [1.82, 2.24) is 20.1 Å². The second kappa shape index (κ2) is 9.23. The molecule has 2 aliphatic heterocycles. The molecule has 3 heterocycles. The number of sulfone groups is 1. The van der Waals surface area contributed by atoms with Gasteiger partial charge in [-0.3, -0.25) is 9.59 Å². The number of carbonyl (C=O) groups is 2. The molecule has 1 saturated heterocycles. The zero-order valence-electron chi connectivity index (χ0n) is 18.4. The van der Waals surface area contributed by atoms with Crippen molar-refractivity contribution in [3.8, 4) is 0 Å². The average Bonchev–Trinajstić information content (AvgIpc) is 3.02. The first-order valence-corrected chi connectivity index (χ1v) is 12.2. The molecule has 1 fully saturated rings. The van der Waals surface area contributed by atoms with Gasteiger partial charge >= 0.3 is 0 Å². The number of hydrogen-bond acceptors (Lipinski definition) is 5. The van der Waals surface area contributed by atoms with Gasteiger partial charge in [0.25, 0.3) is 11.8 Å². The molecule has 2 N–H and O–H groups in total. The number of allylic oxidation sites excluding steroid dienone is 1. The minimum absolute atomic E-state index is 0.0152. The van der Waals surface area contributed by atoms with Gasteiger partial charge in [-0.1, -0.05) is 18.2 Å². The molecule has 0 radical (unpaired) electrons. The highest BCUT2D eigenvalue weighted by molar-refractivity contribution is 7.91. The molecule has 9 heteroatoms. The number of rotatable bonds is 3. The van der Waals surface area contributed by atoms with E-state index in [0.717, 1.165) is 24.3 Å². The number of piperazine rings is 1. The Kier molecular flexibility index (Phi) is 6.86. The van der Waals surface area contributed by atoms with E-state index in [4.69, 9.17) is 0 Å². The largest absolute Gasteiger partial charge is 0.358 e. The number of nitrogens with one attached hydrogen (secondary N) is 2. The van der Waals surface area contributed by atoms with Crippen LogP contribution in [0.5, 0.6) is 0 Å². The third-order valence-corrected chi connectivity index (χ3v) is 7.23. The Bertz CT molecular complexity index is 1060. The number of aryl methyl sites for hydroxylation is 1. The zero-order chi connectivity index (χ0) is 22.8. The van der Waals surface area contributed by atoms with Crippen LogP contribution in [0, 0.1) is 13.8 Å². The van der Waals surface area contributed by atoms with Gasteiger partial charge in [0.2, 0.25) is 0 Å². The second-order valence-electron chi connectivity index (χ2n) is 8.20. The first kappa shape index (κ1) is 23.0. The van der Waals surface area contributed by atoms with E-state index < -0.39 is 15.1 Å². The van der Waals surface area contributed by atoms with Crippen molar-refractivity contribution < 1.29 is 18.0 Å². The summed E-state index contributed by atoms with van der Waals surface area (Å²) in [5, 5.41) is 1.95. The third-order valence-electron chi connectivity index (χ3n) is 5.78. The monoisotopic (exact) mass is 446 g/mol. The molecule has 1 aromatic heterocycles. The maximum Gasteiger partial charge on any atom is 0.256 e. The van der Waals surface area contributed by atoms with E-state index in [1.165, 1.54) is 24.6 Å². The summed E-state index contributed by atoms with van der Waals surface area (Å²) in [6.45, 7) is 6.74. The lowest BCUT2D eigenvalue weighted by Crippen LogP contribution is -2.47. The fraction of sp³-hybridized carbons (Fsp3) is 0.455. The van der Waals surface area contributed by atoms with Gasteiger partial charge in [-0.2, -0.15) is 0 Å². The maximum atomic E-state index is 13.1. The van der Waals surface area contributed by atoms with Crippen LogP contribution >= 0.6 is 0 Å². The lowest BCUT2D eigenvalue weighted by molar-refractivity contribution is -0.116. The molecule has 1 unspecified atom stereocenters. The molecular weight excluding hydrogens is 416 g/mol. The molecule has 168 valence electrons. The summed E-state index contributed by atoms with van der Waals surface area (Å²) in [5.41, 5.74) is 3.10. The first-order valence-electron chi connectivity index (χ1n) is 10.3. The van der Waals surface area contributed by atoms with Crippen molar-refractivity contribution in [3.63, 3.8) is 0 Å². The number of H-pyrrole nitrogens is 1. The Balaban J connectivity index is 1.94. The van der Waals surface area contributed by atoms with E-state index in [1.54, 1.807) is 12.2 Å². The van der Waals surface area contributed by atoms with Crippen LogP contribution in [-0.2, 0) is 14.6 Å². The highest BCUT2D eigenvalue weighted by Gasteiger charge is 2.25. The molecule has 0 aromatic carbocycles. The summed E-state index contributed by atoms with van der Waals surface area (Å²) >= 11 is 0. The summed E-state index contributed by atoms with van der Waals surface area (Å²) in [5.74, 6) is -0.362. The lowest BCUT2D eigenvalue weighted by atomic mass is 10.1. The van der Waals surface area contributed by atoms with Crippen molar-refractivity contribution in [2.45, 2.75) is 25.5 Å². The number of amides is 2. The highest BCUT2D eigenvalue weighted by atomic mass is 32.2. The van der Waals surface area contributed by atoms with Crippen LogP contribution < -0.4 is 5.32 Å². The maximum absolute atomic E-state index is 13.1. The predicted octanol–water partition coefficient (Wildman–Crippen LogP) is 1.41. The standard InChI is InChI=1S/C22H30N4O4S/c1-15-19(24-16(2)20(15)22(28)26-12-10-25(3)11-13-26)14-17-7-8-18(31(4,29)30)6-5-9-23-21(17)27/h5,7-9,14,18,24H,6,10-13H2,1-4H3,(H,23,27)/b8-7+,9-5+,17-14-. The predicted molar refractivity (Wildman–Crippen MR) is 121 cm³/mol. The van der Waals surface area contributed by atoms with E-state index in [2.05, 4.69) is 15.2 Å². The molecule has 31 heavy (non-hydrogen) atoms. The molecule has 2 amide bonds. The quantitative estimate of drug-likeness (QED) is 0.684. The molecule has 0 saturated carbocycles. The molecule has 0 aliphatic carbocycles. The summed E-state index contributed by atoms with van der Waals surface area (Å²) in [4.78, 5) is 33.0. The van der Waals surface area contributed by atoms with E-state index in [1.807, 2.05) is 25.8 Å². The van der Waals surface area contributed by atoms with Crippen LogP contribution in [0.25, 0.3) is 6.08 Å². The van der Waals surface area contributed by atoms with Gasteiger partial charge in [-0.25, -0.2) is 8.42 Å². The minimum atomic E-state index is -3.30. The second-order valence-corrected chi connectivity index (χ2v) is 10.5. The zero-order valence-corrected chi connectivity index (χ0v) is 19.3. The van der Waals surface area contributed by atoms with Gasteiger partial charge in [-0.15, -0.1) is 0 Å². The summed E-state index contributed by atoms with van der Waals surface area (Å²) in [6.07, 6.45) is 9.30.